The summed E-state index contributed by atoms with van der Waals surface area (Å²) in [7, 11) is 1.96. The van der Waals surface area contributed by atoms with E-state index in [-0.39, 0.29) is 0 Å². The summed E-state index contributed by atoms with van der Waals surface area (Å²) in [6.07, 6.45) is 5.68. The topological polar surface area (TPSA) is 3.24 Å². The average Bonchev–Trinajstić information content (AvgIpc) is 1.99. The molecule has 62 valence electrons. The molecular formula is C10H17N. The molecule has 0 aliphatic rings. The van der Waals surface area contributed by atoms with E-state index < -0.39 is 0 Å². The van der Waals surface area contributed by atoms with Crippen LogP contribution in [0.5, 0.6) is 0 Å². The summed E-state index contributed by atoms with van der Waals surface area (Å²) < 4.78 is 0. The largest absolute Gasteiger partial charge is 0.358 e. The average molecular weight is 151 g/mol. The zero-order valence-electron chi connectivity index (χ0n) is 7.67. The summed E-state index contributed by atoms with van der Waals surface area (Å²) >= 11 is 0. The highest BCUT2D eigenvalue weighted by Gasteiger charge is 1.97. The molecule has 0 unspecified atom stereocenters. The number of hydrogen-bond donors (Lipinski definition) is 0. The molecule has 0 saturated carbocycles. The lowest BCUT2D eigenvalue weighted by molar-refractivity contribution is 0.608. The monoisotopic (exact) mass is 151 g/mol. The van der Waals surface area contributed by atoms with Crippen molar-refractivity contribution < 1.29 is 0 Å². The fraction of sp³-hybridized carbons (Fsp3) is 0.400. The molecular weight excluding hydrogens is 134 g/mol. The minimum absolute atomic E-state index is 0.523. The first-order chi connectivity index (χ1) is 5.11. The molecule has 11 heavy (non-hydrogen) atoms. The molecule has 0 aromatic rings. The van der Waals surface area contributed by atoms with Gasteiger partial charge in [-0.3, -0.25) is 0 Å². The second-order valence-corrected chi connectivity index (χ2v) is 2.84. The number of allylic oxidation sites excluding steroid dienone is 2. The van der Waals surface area contributed by atoms with E-state index in [9.17, 15) is 0 Å². The molecule has 0 aliphatic heterocycles. The van der Waals surface area contributed by atoms with Gasteiger partial charge in [0.25, 0.3) is 0 Å². The molecule has 0 N–H and O–H groups in total. The van der Waals surface area contributed by atoms with E-state index in [1.54, 1.807) is 6.20 Å². The maximum Gasteiger partial charge on any atom is 0.0106 e. The smallest absolute Gasteiger partial charge is 0.0106 e. The van der Waals surface area contributed by atoms with Gasteiger partial charge in [0.2, 0.25) is 0 Å². The van der Waals surface area contributed by atoms with E-state index in [0.717, 1.165) is 0 Å². The minimum Gasteiger partial charge on any atom is -0.358 e. The van der Waals surface area contributed by atoms with E-state index in [2.05, 4.69) is 27.0 Å². The van der Waals surface area contributed by atoms with E-state index >= 15 is 0 Å². The van der Waals surface area contributed by atoms with Crippen LogP contribution in [0, 0.1) is 5.92 Å². The molecule has 0 atom stereocenters. The van der Waals surface area contributed by atoms with Gasteiger partial charge in [0, 0.05) is 13.2 Å². The fourth-order valence-electron chi connectivity index (χ4n) is 0.725. The number of hydrogen-bond acceptors (Lipinski definition) is 1. The van der Waals surface area contributed by atoms with Gasteiger partial charge in [0.15, 0.2) is 0 Å². The maximum atomic E-state index is 3.74. The molecule has 1 nitrogen and oxygen atoms in total. The molecule has 0 spiro atoms. The lowest BCUT2D eigenvalue weighted by atomic mass is 10.1. The Morgan fingerprint density at radius 1 is 1.36 bits per heavy atom. The summed E-state index contributed by atoms with van der Waals surface area (Å²) in [5.41, 5.74) is 1.23. The van der Waals surface area contributed by atoms with Crippen LogP contribution < -0.4 is 0 Å². The minimum atomic E-state index is 0.523. The zero-order chi connectivity index (χ0) is 8.85. The molecule has 1 heteroatoms. The second kappa shape index (κ2) is 4.78. The van der Waals surface area contributed by atoms with Crippen LogP contribution >= 0.6 is 0 Å². The highest BCUT2D eigenvalue weighted by Crippen LogP contribution is 2.10. The summed E-state index contributed by atoms with van der Waals surface area (Å²) in [6, 6.07) is 0. The lowest BCUT2D eigenvalue weighted by Crippen LogP contribution is -2.03. The van der Waals surface area contributed by atoms with Crippen LogP contribution in [-0.2, 0) is 0 Å². The van der Waals surface area contributed by atoms with Crippen LogP contribution in [0.2, 0.25) is 0 Å². The summed E-state index contributed by atoms with van der Waals surface area (Å²) in [4.78, 5) is 1.93. The van der Waals surface area contributed by atoms with Crippen molar-refractivity contribution in [3.05, 3.63) is 37.2 Å². The Balaban J connectivity index is 4.33. The molecule has 0 fully saturated rings. The number of rotatable bonds is 4. The van der Waals surface area contributed by atoms with Crippen molar-refractivity contribution in [2.24, 2.45) is 5.92 Å². The molecule has 0 aromatic carbocycles. The highest BCUT2D eigenvalue weighted by molar-refractivity contribution is 5.17. The van der Waals surface area contributed by atoms with Gasteiger partial charge in [-0.1, -0.05) is 33.1 Å². The summed E-state index contributed by atoms with van der Waals surface area (Å²) in [6.45, 7) is 11.7. The van der Waals surface area contributed by atoms with Crippen LogP contribution in [0.25, 0.3) is 0 Å². The first-order valence-electron chi connectivity index (χ1n) is 3.80. The van der Waals surface area contributed by atoms with Crippen molar-refractivity contribution in [1.82, 2.24) is 4.90 Å². The standard InChI is InChI=1S/C10H17N/c1-6-10(9(3)4)8-11(5)7-2/h6-9H,1-2H2,3-5H3/b10-8+. The van der Waals surface area contributed by atoms with Gasteiger partial charge in [-0.25, -0.2) is 0 Å². The van der Waals surface area contributed by atoms with Gasteiger partial charge in [-0.2, -0.15) is 0 Å². The van der Waals surface area contributed by atoms with Crippen LogP contribution in [-0.4, -0.2) is 11.9 Å². The summed E-state index contributed by atoms with van der Waals surface area (Å²) in [5.74, 6) is 0.523. The van der Waals surface area contributed by atoms with E-state index in [0.29, 0.717) is 5.92 Å². The van der Waals surface area contributed by atoms with Crippen molar-refractivity contribution in [1.29, 1.82) is 0 Å². The third kappa shape index (κ3) is 3.66. The SMILES string of the molecule is C=C/C(=C\N(C)C=C)C(C)C. The molecule has 0 bridgehead atoms. The Morgan fingerprint density at radius 3 is 2.18 bits per heavy atom. The van der Waals surface area contributed by atoms with Crippen molar-refractivity contribution in [3.8, 4) is 0 Å². The van der Waals surface area contributed by atoms with Gasteiger partial charge in [-0.05, 0) is 17.7 Å². The molecule has 0 saturated heterocycles. The molecule has 0 aromatic heterocycles. The lowest BCUT2D eigenvalue weighted by Gasteiger charge is -2.11. The Kier molecular flexibility index (Phi) is 4.35. The molecule has 0 rings (SSSR count). The molecule has 0 aliphatic carbocycles. The van der Waals surface area contributed by atoms with Gasteiger partial charge in [-0.15, -0.1) is 0 Å². The Hall–Kier alpha value is -0.980. The quantitative estimate of drug-likeness (QED) is 0.558. The third-order valence-corrected chi connectivity index (χ3v) is 1.54. The molecule has 0 amide bonds. The predicted octanol–water partition coefficient (Wildman–Crippen LogP) is 2.79. The Morgan fingerprint density at radius 2 is 1.91 bits per heavy atom. The van der Waals surface area contributed by atoms with E-state index in [1.807, 2.05) is 24.2 Å². The van der Waals surface area contributed by atoms with Gasteiger partial charge in [0.05, 0.1) is 0 Å². The molecule has 0 heterocycles. The number of nitrogens with zero attached hydrogens (tertiary/aromatic N) is 1. The second-order valence-electron chi connectivity index (χ2n) is 2.84. The normalized spacial score (nSPS) is 11.5. The summed E-state index contributed by atoms with van der Waals surface area (Å²) in [5, 5.41) is 0. The predicted molar refractivity (Wildman–Crippen MR) is 51.1 cm³/mol. The van der Waals surface area contributed by atoms with Gasteiger partial charge >= 0.3 is 0 Å². The van der Waals surface area contributed by atoms with Crippen LogP contribution in [0.3, 0.4) is 0 Å². The van der Waals surface area contributed by atoms with Crippen molar-refractivity contribution in [2.45, 2.75) is 13.8 Å². The van der Waals surface area contributed by atoms with Gasteiger partial charge < -0.3 is 4.90 Å². The van der Waals surface area contributed by atoms with Crippen molar-refractivity contribution in [2.75, 3.05) is 7.05 Å². The van der Waals surface area contributed by atoms with Crippen LogP contribution in [0.4, 0.5) is 0 Å². The first kappa shape index (κ1) is 10.0. The van der Waals surface area contributed by atoms with Gasteiger partial charge in [0.1, 0.15) is 0 Å². The fourth-order valence-corrected chi connectivity index (χ4v) is 0.725. The van der Waals surface area contributed by atoms with Crippen molar-refractivity contribution in [3.63, 3.8) is 0 Å². The molecule has 0 radical (unpaired) electrons. The Bertz CT molecular complexity index is 166. The van der Waals surface area contributed by atoms with E-state index in [4.69, 9.17) is 0 Å². The zero-order valence-corrected chi connectivity index (χ0v) is 7.67. The first-order valence-corrected chi connectivity index (χ1v) is 3.80. The van der Waals surface area contributed by atoms with Crippen LogP contribution in [0.15, 0.2) is 37.2 Å². The highest BCUT2D eigenvalue weighted by atomic mass is 15.0. The maximum absolute atomic E-state index is 3.74. The Labute approximate surface area is 69.7 Å². The van der Waals surface area contributed by atoms with E-state index in [1.165, 1.54) is 5.57 Å². The van der Waals surface area contributed by atoms with Crippen molar-refractivity contribution >= 4 is 0 Å². The van der Waals surface area contributed by atoms with Crippen LogP contribution in [0.1, 0.15) is 13.8 Å². The third-order valence-electron chi connectivity index (χ3n) is 1.54.